The molecule has 0 bridgehead atoms. The first-order chi connectivity index (χ1) is 8.56. The van der Waals surface area contributed by atoms with E-state index in [1.807, 2.05) is 12.1 Å². The Bertz CT molecular complexity index is 653. The maximum atomic E-state index is 13.2. The predicted molar refractivity (Wildman–Crippen MR) is 73.0 cm³/mol. The first-order valence-electron chi connectivity index (χ1n) is 5.39. The standard InChI is InChI=1S/C15H11ClFN/c1-10-7-12(14(16)9-15(10)17)6-5-11-3-2-4-13(18)8-11/h2-4,7-9H,18H2,1H3. The van der Waals surface area contributed by atoms with Crippen LogP contribution in [-0.2, 0) is 0 Å². The number of hydrogen-bond acceptors (Lipinski definition) is 1. The third-order valence-corrected chi connectivity index (χ3v) is 2.79. The van der Waals surface area contributed by atoms with Gasteiger partial charge in [0.2, 0.25) is 0 Å². The summed E-state index contributed by atoms with van der Waals surface area (Å²) in [6.45, 7) is 1.68. The Hall–Kier alpha value is -1.98. The summed E-state index contributed by atoms with van der Waals surface area (Å²) in [6.07, 6.45) is 0. The van der Waals surface area contributed by atoms with E-state index in [1.165, 1.54) is 6.07 Å². The lowest BCUT2D eigenvalue weighted by Gasteiger charge is -2.00. The summed E-state index contributed by atoms with van der Waals surface area (Å²) in [7, 11) is 0. The number of halogens is 2. The second-order valence-corrected chi connectivity index (χ2v) is 4.36. The molecule has 2 N–H and O–H groups in total. The third-order valence-electron chi connectivity index (χ3n) is 2.48. The van der Waals surface area contributed by atoms with Gasteiger partial charge >= 0.3 is 0 Å². The minimum atomic E-state index is -0.325. The lowest BCUT2D eigenvalue weighted by atomic mass is 10.1. The topological polar surface area (TPSA) is 26.0 Å². The van der Waals surface area contributed by atoms with Gasteiger partial charge in [-0.25, -0.2) is 4.39 Å². The van der Waals surface area contributed by atoms with Crippen molar-refractivity contribution < 1.29 is 4.39 Å². The Balaban J connectivity index is 2.38. The summed E-state index contributed by atoms with van der Waals surface area (Å²) in [5.41, 5.74) is 8.25. The van der Waals surface area contributed by atoms with Crippen LogP contribution in [0.1, 0.15) is 16.7 Å². The quantitative estimate of drug-likeness (QED) is 0.566. The molecule has 0 unspecified atom stereocenters. The van der Waals surface area contributed by atoms with Gasteiger partial charge in [0, 0.05) is 16.8 Å². The number of nitrogens with two attached hydrogens (primary N) is 1. The van der Waals surface area contributed by atoms with E-state index in [2.05, 4.69) is 11.8 Å². The van der Waals surface area contributed by atoms with Gasteiger partial charge in [-0.05, 0) is 42.8 Å². The Labute approximate surface area is 110 Å². The van der Waals surface area contributed by atoms with E-state index in [4.69, 9.17) is 17.3 Å². The highest BCUT2D eigenvalue weighted by atomic mass is 35.5. The van der Waals surface area contributed by atoms with E-state index in [0.717, 1.165) is 5.56 Å². The predicted octanol–water partition coefficient (Wildman–Crippen LogP) is 3.77. The van der Waals surface area contributed by atoms with E-state index >= 15 is 0 Å². The zero-order valence-electron chi connectivity index (χ0n) is 9.80. The molecule has 0 spiro atoms. The summed E-state index contributed by atoms with van der Waals surface area (Å²) in [6, 6.07) is 10.2. The molecule has 2 aromatic rings. The number of hydrogen-bond donors (Lipinski definition) is 1. The van der Waals surface area contributed by atoms with E-state index < -0.39 is 0 Å². The Kier molecular flexibility index (Phi) is 3.55. The van der Waals surface area contributed by atoms with Gasteiger partial charge in [-0.3, -0.25) is 0 Å². The van der Waals surface area contributed by atoms with Crippen LogP contribution >= 0.6 is 11.6 Å². The maximum absolute atomic E-state index is 13.2. The van der Waals surface area contributed by atoms with Crippen molar-refractivity contribution in [2.75, 3.05) is 5.73 Å². The summed E-state index contributed by atoms with van der Waals surface area (Å²) in [5.74, 6) is 5.55. The van der Waals surface area contributed by atoms with E-state index in [9.17, 15) is 4.39 Å². The molecule has 0 amide bonds. The normalized spacial score (nSPS) is 9.72. The molecular weight excluding hydrogens is 249 g/mol. The number of benzene rings is 2. The van der Waals surface area contributed by atoms with Crippen LogP contribution < -0.4 is 5.73 Å². The van der Waals surface area contributed by atoms with E-state index in [0.29, 0.717) is 21.8 Å². The zero-order valence-corrected chi connectivity index (χ0v) is 10.6. The molecule has 0 radical (unpaired) electrons. The largest absolute Gasteiger partial charge is 0.399 e. The SMILES string of the molecule is Cc1cc(C#Cc2cccc(N)c2)c(Cl)cc1F. The first kappa shape index (κ1) is 12.5. The molecule has 0 heterocycles. The molecule has 3 heteroatoms. The van der Waals surface area contributed by atoms with Crippen LogP contribution in [0.15, 0.2) is 36.4 Å². The molecule has 90 valence electrons. The fraction of sp³-hybridized carbons (Fsp3) is 0.0667. The first-order valence-corrected chi connectivity index (χ1v) is 5.77. The smallest absolute Gasteiger partial charge is 0.127 e. The molecule has 0 aromatic heterocycles. The summed E-state index contributed by atoms with van der Waals surface area (Å²) < 4.78 is 13.2. The van der Waals surface area contributed by atoms with Crippen molar-refractivity contribution in [2.45, 2.75) is 6.92 Å². The second kappa shape index (κ2) is 5.12. The molecule has 0 aliphatic rings. The van der Waals surface area contributed by atoms with Crippen LogP contribution in [0.3, 0.4) is 0 Å². The van der Waals surface area contributed by atoms with Crippen molar-refractivity contribution in [1.29, 1.82) is 0 Å². The Morgan fingerprint density at radius 2 is 1.94 bits per heavy atom. The maximum Gasteiger partial charge on any atom is 0.127 e. The highest BCUT2D eigenvalue weighted by molar-refractivity contribution is 6.31. The highest BCUT2D eigenvalue weighted by Crippen LogP contribution is 2.19. The fourth-order valence-corrected chi connectivity index (χ4v) is 1.71. The van der Waals surface area contributed by atoms with Crippen LogP contribution in [0.25, 0.3) is 0 Å². The summed E-state index contributed by atoms with van der Waals surface area (Å²) in [4.78, 5) is 0. The minimum Gasteiger partial charge on any atom is -0.399 e. The van der Waals surface area contributed by atoms with Gasteiger partial charge in [0.05, 0.1) is 5.02 Å². The average Bonchev–Trinajstić information content (AvgIpc) is 2.32. The molecule has 0 fully saturated rings. The summed E-state index contributed by atoms with van der Waals surface area (Å²) >= 11 is 5.93. The molecule has 0 atom stereocenters. The van der Waals surface area contributed by atoms with Crippen molar-refractivity contribution in [2.24, 2.45) is 0 Å². The average molecular weight is 260 g/mol. The number of nitrogen functional groups attached to an aromatic ring is 1. The zero-order chi connectivity index (χ0) is 13.1. The van der Waals surface area contributed by atoms with Gasteiger partial charge in [0.15, 0.2) is 0 Å². The number of aryl methyl sites for hydroxylation is 1. The molecule has 2 rings (SSSR count). The number of rotatable bonds is 0. The van der Waals surface area contributed by atoms with Crippen LogP contribution in [0.4, 0.5) is 10.1 Å². The molecular formula is C15H11ClFN. The van der Waals surface area contributed by atoms with Crippen molar-refractivity contribution in [1.82, 2.24) is 0 Å². The molecule has 18 heavy (non-hydrogen) atoms. The lowest BCUT2D eigenvalue weighted by Crippen LogP contribution is -1.87. The summed E-state index contributed by atoms with van der Waals surface area (Å²) in [5, 5.41) is 0.314. The monoisotopic (exact) mass is 259 g/mol. The van der Waals surface area contributed by atoms with Crippen molar-refractivity contribution in [3.8, 4) is 11.8 Å². The van der Waals surface area contributed by atoms with E-state index in [1.54, 1.807) is 25.1 Å². The van der Waals surface area contributed by atoms with Crippen LogP contribution in [0, 0.1) is 24.6 Å². The van der Waals surface area contributed by atoms with Gasteiger partial charge in [-0.15, -0.1) is 0 Å². The molecule has 0 aliphatic carbocycles. The fourth-order valence-electron chi connectivity index (χ4n) is 1.51. The molecule has 0 saturated heterocycles. The van der Waals surface area contributed by atoms with Crippen molar-refractivity contribution >= 4 is 17.3 Å². The van der Waals surface area contributed by atoms with Crippen LogP contribution in [0.2, 0.25) is 5.02 Å². The van der Waals surface area contributed by atoms with Gasteiger partial charge in [-0.1, -0.05) is 29.5 Å². The van der Waals surface area contributed by atoms with E-state index in [-0.39, 0.29) is 5.82 Å². The van der Waals surface area contributed by atoms with Crippen LogP contribution in [0.5, 0.6) is 0 Å². The third kappa shape index (κ3) is 2.82. The minimum absolute atomic E-state index is 0.314. The molecule has 0 aliphatic heterocycles. The van der Waals surface area contributed by atoms with Gasteiger partial charge in [0.1, 0.15) is 5.82 Å². The van der Waals surface area contributed by atoms with Crippen molar-refractivity contribution in [3.05, 3.63) is 63.9 Å². The molecule has 1 nitrogen and oxygen atoms in total. The van der Waals surface area contributed by atoms with Crippen LogP contribution in [-0.4, -0.2) is 0 Å². The second-order valence-electron chi connectivity index (χ2n) is 3.96. The Morgan fingerprint density at radius 3 is 2.67 bits per heavy atom. The molecule has 0 saturated carbocycles. The molecule has 2 aromatic carbocycles. The highest BCUT2D eigenvalue weighted by Gasteiger charge is 2.03. The Morgan fingerprint density at radius 1 is 1.17 bits per heavy atom. The van der Waals surface area contributed by atoms with Crippen molar-refractivity contribution in [3.63, 3.8) is 0 Å². The lowest BCUT2D eigenvalue weighted by molar-refractivity contribution is 0.618. The number of anilines is 1. The van der Waals surface area contributed by atoms with Gasteiger partial charge in [0.25, 0.3) is 0 Å². The van der Waals surface area contributed by atoms with Gasteiger partial charge in [-0.2, -0.15) is 0 Å². The van der Waals surface area contributed by atoms with Gasteiger partial charge < -0.3 is 5.73 Å².